The van der Waals surface area contributed by atoms with E-state index in [4.69, 9.17) is 9.63 Å². The van der Waals surface area contributed by atoms with Crippen LogP contribution < -0.4 is 10.6 Å². The first kappa shape index (κ1) is 16.5. The van der Waals surface area contributed by atoms with Gasteiger partial charge in [0.2, 0.25) is 0 Å². The number of hydrogen-bond donors (Lipinski definition) is 3. The van der Waals surface area contributed by atoms with Crippen LogP contribution in [0.5, 0.6) is 0 Å². The molecule has 0 saturated carbocycles. The fourth-order valence-electron chi connectivity index (χ4n) is 2.16. The van der Waals surface area contributed by atoms with Crippen LogP contribution in [0.4, 0.5) is 4.79 Å². The molecule has 1 rings (SSSR count). The molecule has 0 spiro atoms. The molecule has 20 heavy (non-hydrogen) atoms. The fraction of sp³-hybridized carbons (Fsp3) is 0.714. The molecule has 6 heteroatoms. The fourth-order valence-corrected chi connectivity index (χ4v) is 2.16. The number of nitrogens with zero attached hydrogens (tertiary/aromatic N) is 1. The van der Waals surface area contributed by atoms with Gasteiger partial charge in [0, 0.05) is 18.7 Å². The lowest BCUT2D eigenvalue weighted by atomic mass is 10.0. The maximum Gasteiger partial charge on any atom is 0.315 e. The topological polar surface area (TPSA) is 87.4 Å². The predicted octanol–water partition coefficient (Wildman–Crippen LogP) is 2.06. The van der Waals surface area contributed by atoms with Crippen molar-refractivity contribution in [2.75, 3.05) is 13.2 Å². The summed E-state index contributed by atoms with van der Waals surface area (Å²) in [5.41, 5.74) is 1.76. The zero-order valence-corrected chi connectivity index (χ0v) is 12.7. The van der Waals surface area contributed by atoms with Gasteiger partial charge in [0.25, 0.3) is 0 Å². The monoisotopic (exact) mass is 283 g/mol. The van der Waals surface area contributed by atoms with Crippen molar-refractivity contribution < 1.29 is 14.4 Å². The summed E-state index contributed by atoms with van der Waals surface area (Å²) in [4.78, 5) is 11.9. The van der Waals surface area contributed by atoms with Gasteiger partial charge in [0.05, 0.1) is 11.7 Å². The lowest BCUT2D eigenvalue weighted by Gasteiger charge is -2.18. The van der Waals surface area contributed by atoms with E-state index in [0.717, 1.165) is 23.4 Å². The Hall–Kier alpha value is -1.56. The molecule has 0 aliphatic carbocycles. The maximum atomic E-state index is 11.9. The average molecular weight is 283 g/mol. The van der Waals surface area contributed by atoms with Gasteiger partial charge < -0.3 is 20.3 Å². The molecular weight excluding hydrogens is 258 g/mol. The van der Waals surface area contributed by atoms with E-state index in [1.165, 1.54) is 0 Å². The summed E-state index contributed by atoms with van der Waals surface area (Å²) in [7, 11) is 0. The molecule has 2 unspecified atom stereocenters. The molecule has 0 bridgehead atoms. The Morgan fingerprint density at radius 2 is 2.15 bits per heavy atom. The third-order valence-corrected chi connectivity index (χ3v) is 3.38. The van der Waals surface area contributed by atoms with Gasteiger partial charge >= 0.3 is 6.03 Å². The molecule has 0 radical (unpaired) electrons. The Labute approximate surface area is 119 Å². The minimum atomic E-state index is -0.207. The van der Waals surface area contributed by atoms with E-state index in [1.54, 1.807) is 0 Å². The van der Waals surface area contributed by atoms with E-state index in [-0.39, 0.29) is 24.6 Å². The number of nitrogens with one attached hydrogen (secondary N) is 2. The molecule has 1 heterocycles. The Kier molecular flexibility index (Phi) is 6.51. The van der Waals surface area contributed by atoms with Crippen molar-refractivity contribution in [1.82, 2.24) is 15.8 Å². The van der Waals surface area contributed by atoms with Gasteiger partial charge in [-0.3, -0.25) is 0 Å². The highest BCUT2D eigenvalue weighted by Crippen LogP contribution is 2.23. The summed E-state index contributed by atoms with van der Waals surface area (Å²) in [5.74, 6) is 0.994. The van der Waals surface area contributed by atoms with Gasteiger partial charge in [-0.2, -0.15) is 0 Å². The van der Waals surface area contributed by atoms with Crippen LogP contribution in [0, 0.1) is 19.8 Å². The first-order valence-corrected chi connectivity index (χ1v) is 7.07. The van der Waals surface area contributed by atoms with Crippen LogP contribution in [0.3, 0.4) is 0 Å². The molecule has 2 amide bonds. The lowest BCUT2D eigenvalue weighted by molar-refractivity contribution is 0.230. The number of aliphatic hydroxyl groups is 1. The molecule has 114 valence electrons. The first-order valence-electron chi connectivity index (χ1n) is 7.07. The average Bonchev–Trinajstić information content (AvgIpc) is 2.74. The standard InChI is InChI=1S/C14H25N3O3/c1-5-12(13-10(3)17-20-11(13)4)16-14(19)15-8-9(2)6-7-18/h9,12,18H,5-8H2,1-4H3,(H2,15,16,19). The van der Waals surface area contributed by atoms with Crippen LogP contribution >= 0.6 is 0 Å². The quantitative estimate of drug-likeness (QED) is 0.714. The van der Waals surface area contributed by atoms with E-state index in [0.29, 0.717) is 13.0 Å². The number of urea groups is 1. The molecule has 6 nitrogen and oxygen atoms in total. The highest BCUT2D eigenvalue weighted by Gasteiger charge is 2.20. The number of carbonyl (C=O) groups is 1. The van der Waals surface area contributed by atoms with Crippen LogP contribution in [0.1, 0.15) is 49.7 Å². The van der Waals surface area contributed by atoms with E-state index in [1.807, 2.05) is 27.7 Å². The van der Waals surface area contributed by atoms with Crippen LogP contribution in [0.15, 0.2) is 4.52 Å². The summed E-state index contributed by atoms with van der Waals surface area (Å²) >= 11 is 0. The number of aromatic nitrogens is 1. The number of hydrogen-bond acceptors (Lipinski definition) is 4. The number of amides is 2. The predicted molar refractivity (Wildman–Crippen MR) is 76.4 cm³/mol. The second-order valence-electron chi connectivity index (χ2n) is 5.17. The van der Waals surface area contributed by atoms with Gasteiger partial charge in [0.15, 0.2) is 0 Å². The van der Waals surface area contributed by atoms with Crippen LogP contribution in [0.2, 0.25) is 0 Å². The molecule has 2 atom stereocenters. The molecule has 0 aromatic carbocycles. The zero-order chi connectivity index (χ0) is 15.1. The minimum Gasteiger partial charge on any atom is -0.396 e. The Balaban J connectivity index is 2.54. The third-order valence-electron chi connectivity index (χ3n) is 3.38. The van der Waals surface area contributed by atoms with Gasteiger partial charge in [0.1, 0.15) is 5.76 Å². The third kappa shape index (κ3) is 4.52. The van der Waals surface area contributed by atoms with Crippen molar-refractivity contribution in [2.24, 2.45) is 5.92 Å². The normalized spacial score (nSPS) is 13.8. The number of carbonyl (C=O) groups excluding carboxylic acids is 1. The largest absolute Gasteiger partial charge is 0.396 e. The van der Waals surface area contributed by atoms with Crippen molar-refractivity contribution in [3.05, 3.63) is 17.0 Å². The first-order chi connectivity index (χ1) is 9.49. The Morgan fingerprint density at radius 1 is 1.45 bits per heavy atom. The van der Waals surface area contributed by atoms with Crippen LogP contribution in [0.25, 0.3) is 0 Å². The second-order valence-corrected chi connectivity index (χ2v) is 5.17. The molecule has 1 aromatic rings. The number of rotatable bonds is 7. The van der Waals surface area contributed by atoms with Crippen molar-refractivity contribution in [3.8, 4) is 0 Å². The molecule has 0 aliphatic rings. The van der Waals surface area contributed by atoms with Gasteiger partial charge in [-0.15, -0.1) is 0 Å². The molecular formula is C14H25N3O3. The van der Waals surface area contributed by atoms with Crippen molar-refractivity contribution in [2.45, 2.75) is 46.6 Å². The summed E-state index contributed by atoms with van der Waals surface area (Å²) < 4.78 is 5.14. The van der Waals surface area contributed by atoms with Gasteiger partial charge in [-0.1, -0.05) is 19.0 Å². The molecule has 0 saturated heterocycles. The van der Waals surface area contributed by atoms with Crippen LogP contribution in [-0.2, 0) is 0 Å². The number of aliphatic hydroxyl groups excluding tert-OH is 1. The van der Waals surface area contributed by atoms with Crippen molar-refractivity contribution >= 4 is 6.03 Å². The number of aryl methyl sites for hydroxylation is 2. The Morgan fingerprint density at radius 3 is 2.65 bits per heavy atom. The molecule has 0 fully saturated rings. The molecule has 3 N–H and O–H groups in total. The zero-order valence-electron chi connectivity index (χ0n) is 12.7. The van der Waals surface area contributed by atoms with Crippen molar-refractivity contribution in [3.63, 3.8) is 0 Å². The summed E-state index contributed by atoms with van der Waals surface area (Å²) in [5, 5.41) is 18.5. The highest BCUT2D eigenvalue weighted by molar-refractivity contribution is 5.74. The van der Waals surface area contributed by atoms with Crippen molar-refractivity contribution in [1.29, 1.82) is 0 Å². The van der Waals surface area contributed by atoms with Gasteiger partial charge in [-0.25, -0.2) is 4.79 Å². The summed E-state index contributed by atoms with van der Waals surface area (Å²) in [6.45, 7) is 8.40. The highest BCUT2D eigenvalue weighted by atomic mass is 16.5. The van der Waals surface area contributed by atoms with E-state index in [2.05, 4.69) is 15.8 Å². The smallest absolute Gasteiger partial charge is 0.315 e. The van der Waals surface area contributed by atoms with Crippen LogP contribution in [-0.4, -0.2) is 29.4 Å². The molecule has 1 aromatic heterocycles. The van der Waals surface area contributed by atoms with Gasteiger partial charge in [-0.05, 0) is 32.6 Å². The summed E-state index contributed by atoms with van der Waals surface area (Å²) in [6, 6.07) is -0.309. The SMILES string of the molecule is CCC(NC(=O)NCC(C)CCO)c1c(C)noc1C. The van der Waals surface area contributed by atoms with E-state index < -0.39 is 0 Å². The lowest BCUT2D eigenvalue weighted by Crippen LogP contribution is -2.40. The Bertz CT molecular complexity index is 412. The van der Waals surface area contributed by atoms with E-state index >= 15 is 0 Å². The van der Waals surface area contributed by atoms with E-state index in [9.17, 15) is 4.79 Å². The molecule has 0 aliphatic heterocycles. The maximum absolute atomic E-state index is 11.9. The minimum absolute atomic E-state index is 0.102. The second kappa shape index (κ2) is 7.89. The summed E-state index contributed by atoms with van der Waals surface area (Å²) in [6.07, 6.45) is 1.45.